The molecule has 0 aliphatic carbocycles. The van der Waals surface area contributed by atoms with Crippen LogP contribution >= 0.6 is 0 Å². The zero-order chi connectivity index (χ0) is 19.7. The number of aliphatic hydroxyl groups excluding tert-OH is 1. The third-order valence-electron chi connectivity index (χ3n) is 3.60. The van der Waals surface area contributed by atoms with Gasteiger partial charge >= 0.3 is 5.97 Å². The van der Waals surface area contributed by atoms with Crippen molar-refractivity contribution < 1.29 is 24.5 Å². The van der Waals surface area contributed by atoms with Gasteiger partial charge in [-0.15, -0.1) is 0 Å². The van der Waals surface area contributed by atoms with Crippen molar-refractivity contribution in [2.45, 2.75) is 38.7 Å². The van der Waals surface area contributed by atoms with E-state index in [4.69, 9.17) is 9.47 Å². The first-order chi connectivity index (χ1) is 13.2. The SMILES string of the molecule is CCCC=CC=CC=CCCCOC[C@H](CO)OC(=O)c1ccc(O)cc1. The number of rotatable bonds is 13. The van der Waals surface area contributed by atoms with Gasteiger partial charge < -0.3 is 19.7 Å². The normalized spacial score (nSPS) is 13.0. The maximum atomic E-state index is 12.0. The highest BCUT2D eigenvalue weighted by Gasteiger charge is 2.15. The van der Waals surface area contributed by atoms with E-state index in [1.807, 2.05) is 24.3 Å². The first kappa shape index (κ1) is 22.7. The molecule has 0 unspecified atom stereocenters. The number of benzene rings is 1. The van der Waals surface area contributed by atoms with Gasteiger partial charge in [-0.2, -0.15) is 0 Å². The van der Waals surface area contributed by atoms with Crippen LogP contribution in [0.3, 0.4) is 0 Å². The molecule has 0 fully saturated rings. The summed E-state index contributed by atoms with van der Waals surface area (Å²) in [7, 11) is 0. The molecular weight excluding hydrogens is 344 g/mol. The molecule has 0 amide bonds. The van der Waals surface area contributed by atoms with Crippen LogP contribution in [-0.4, -0.2) is 42.1 Å². The molecule has 0 saturated carbocycles. The van der Waals surface area contributed by atoms with E-state index < -0.39 is 12.1 Å². The second kappa shape index (κ2) is 14.8. The zero-order valence-electron chi connectivity index (χ0n) is 15.9. The molecule has 27 heavy (non-hydrogen) atoms. The van der Waals surface area contributed by atoms with Gasteiger partial charge in [0.1, 0.15) is 11.9 Å². The molecule has 1 aromatic rings. The number of unbranched alkanes of at least 4 members (excludes halogenated alkanes) is 2. The Hall–Kier alpha value is -2.37. The Morgan fingerprint density at radius 1 is 1.07 bits per heavy atom. The van der Waals surface area contributed by atoms with E-state index in [9.17, 15) is 15.0 Å². The number of aromatic hydroxyl groups is 1. The number of carbonyl (C=O) groups is 1. The van der Waals surface area contributed by atoms with Crippen molar-refractivity contribution in [1.29, 1.82) is 0 Å². The summed E-state index contributed by atoms with van der Waals surface area (Å²) >= 11 is 0. The Labute approximate surface area is 161 Å². The van der Waals surface area contributed by atoms with E-state index >= 15 is 0 Å². The Bertz CT molecular complexity index is 602. The van der Waals surface area contributed by atoms with Crippen LogP contribution in [0.5, 0.6) is 5.75 Å². The fourth-order valence-electron chi connectivity index (χ4n) is 2.10. The summed E-state index contributed by atoms with van der Waals surface area (Å²) in [6, 6.07) is 5.75. The first-order valence-corrected chi connectivity index (χ1v) is 9.34. The first-order valence-electron chi connectivity index (χ1n) is 9.34. The van der Waals surface area contributed by atoms with Crippen molar-refractivity contribution in [3.05, 3.63) is 66.3 Å². The number of phenolic OH excluding ortho intramolecular Hbond substituents is 1. The Balaban J connectivity index is 2.16. The Morgan fingerprint density at radius 2 is 1.74 bits per heavy atom. The van der Waals surface area contributed by atoms with Crippen LogP contribution in [0.25, 0.3) is 0 Å². The molecule has 0 radical (unpaired) electrons. The highest BCUT2D eigenvalue weighted by atomic mass is 16.6. The monoisotopic (exact) mass is 374 g/mol. The molecule has 0 aliphatic rings. The lowest BCUT2D eigenvalue weighted by Gasteiger charge is -2.15. The van der Waals surface area contributed by atoms with E-state index in [2.05, 4.69) is 19.1 Å². The summed E-state index contributed by atoms with van der Waals surface area (Å²) in [5.74, 6) is -0.480. The molecule has 0 heterocycles. The van der Waals surface area contributed by atoms with E-state index in [1.54, 1.807) is 0 Å². The van der Waals surface area contributed by atoms with Crippen molar-refractivity contribution in [2.75, 3.05) is 19.8 Å². The fourth-order valence-corrected chi connectivity index (χ4v) is 2.10. The van der Waals surface area contributed by atoms with Gasteiger partial charge in [0.05, 0.1) is 18.8 Å². The lowest BCUT2D eigenvalue weighted by molar-refractivity contribution is -0.0240. The van der Waals surface area contributed by atoms with Crippen molar-refractivity contribution in [3.8, 4) is 5.75 Å². The van der Waals surface area contributed by atoms with Crippen LogP contribution in [0.4, 0.5) is 0 Å². The van der Waals surface area contributed by atoms with Crippen LogP contribution in [0, 0.1) is 0 Å². The van der Waals surface area contributed by atoms with Gasteiger partial charge in [0, 0.05) is 6.61 Å². The molecule has 1 aromatic carbocycles. The molecule has 5 heteroatoms. The summed E-state index contributed by atoms with van der Waals surface area (Å²) in [6.07, 6.45) is 15.6. The van der Waals surface area contributed by atoms with E-state index in [0.29, 0.717) is 12.2 Å². The molecule has 0 bridgehead atoms. The fraction of sp³-hybridized carbons (Fsp3) is 0.409. The number of esters is 1. The third-order valence-corrected chi connectivity index (χ3v) is 3.60. The molecule has 0 saturated heterocycles. The van der Waals surface area contributed by atoms with Gasteiger partial charge in [-0.05, 0) is 43.5 Å². The summed E-state index contributed by atoms with van der Waals surface area (Å²) in [4.78, 5) is 12.0. The molecule has 0 aliphatic heterocycles. The topological polar surface area (TPSA) is 76.0 Å². The summed E-state index contributed by atoms with van der Waals surface area (Å²) in [6.45, 7) is 2.52. The van der Waals surface area contributed by atoms with E-state index in [-0.39, 0.29) is 19.0 Å². The van der Waals surface area contributed by atoms with Gasteiger partial charge in [0.2, 0.25) is 0 Å². The van der Waals surface area contributed by atoms with Gasteiger partial charge in [-0.1, -0.05) is 49.8 Å². The number of ether oxygens (including phenoxy) is 2. The highest BCUT2D eigenvalue weighted by Crippen LogP contribution is 2.11. The average molecular weight is 374 g/mol. The van der Waals surface area contributed by atoms with Crippen molar-refractivity contribution >= 4 is 5.97 Å². The van der Waals surface area contributed by atoms with Crippen LogP contribution in [-0.2, 0) is 9.47 Å². The number of hydrogen-bond donors (Lipinski definition) is 2. The quantitative estimate of drug-likeness (QED) is 0.308. The lowest BCUT2D eigenvalue weighted by atomic mass is 10.2. The molecule has 5 nitrogen and oxygen atoms in total. The van der Waals surface area contributed by atoms with Crippen molar-refractivity contribution in [1.82, 2.24) is 0 Å². The van der Waals surface area contributed by atoms with Crippen LogP contribution in [0.15, 0.2) is 60.7 Å². The van der Waals surface area contributed by atoms with Crippen molar-refractivity contribution in [2.24, 2.45) is 0 Å². The highest BCUT2D eigenvalue weighted by molar-refractivity contribution is 5.89. The number of phenols is 1. The molecule has 2 N–H and O–H groups in total. The van der Waals surface area contributed by atoms with Crippen LogP contribution in [0.1, 0.15) is 43.0 Å². The molecule has 148 valence electrons. The zero-order valence-corrected chi connectivity index (χ0v) is 15.9. The van der Waals surface area contributed by atoms with Gasteiger partial charge in [0.25, 0.3) is 0 Å². The average Bonchev–Trinajstić information content (AvgIpc) is 2.68. The molecule has 0 aromatic heterocycles. The van der Waals surface area contributed by atoms with Crippen LogP contribution in [0.2, 0.25) is 0 Å². The van der Waals surface area contributed by atoms with Crippen molar-refractivity contribution in [3.63, 3.8) is 0 Å². The molecule has 0 spiro atoms. The Morgan fingerprint density at radius 3 is 2.37 bits per heavy atom. The second-order valence-electron chi connectivity index (χ2n) is 6.00. The van der Waals surface area contributed by atoms with Gasteiger partial charge in [-0.25, -0.2) is 4.79 Å². The summed E-state index contributed by atoms with van der Waals surface area (Å²) in [5.41, 5.74) is 0.314. The van der Waals surface area contributed by atoms with Gasteiger partial charge in [-0.3, -0.25) is 0 Å². The lowest BCUT2D eigenvalue weighted by Crippen LogP contribution is -2.27. The van der Waals surface area contributed by atoms with Gasteiger partial charge in [0.15, 0.2) is 0 Å². The predicted octanol–water partition coefficient (Wildman–Crippen LogP) is 4.18. The number of carbonyl (C=O) groups excluding carboxylic acids is 1. The minimum atomic E-state index is -0.709. The third kappa shape index (κ3) is 11.1. The summed E-state index contributed by atoms with van der Waals surface area (Å²) < 4.78 is 10.7. The smallest absolute Gasteiger partial charge is 0.338 e. The predicted molar refractivity (Wildman–Crippen MR) is 107 cm³/mol. The minimum Gasteiger partial charge on any atom is -0.508 e. The maximum absolute atomic E-state index is 12.0. The minimum absolute atomic E-state index is 0.0751. The van der Waals surface area contributed by atoms with E-state index in [0.717, 1.165) is 25.7 Å². The largest absolute Gasteiger partial charge is 0.508 e. The number of hydrogen-bond acceptors (Lipinski definition) is 5. The van der Waals surface area contributed by atoms with Crippen LogP contribution < -0.4 is 0 Å². The second-order valence-corrected chi connectivity index (χ2v) is 6.00. The Kier molecular flexibility index (Phi) is 12.4. The van der Waals surface area contributed by atoms with E-state index in [1.165, 1.54) is 24.3 Å². The number of allylic oxidation sites excluding steroid dienone is 6. The molecule has 1 rings (SSSR count). The molecular formula is C22H30O5. The molecule has 1 atom stereocenters. The summed E-state index contributed by atoms with van der Waals surface area (Å²) in [5, 5.41) is 18.5. The number of aliphatic hydroxyl groups is 1. The standard InChI is InChI=1S/C22H30O5/c1-2-3-4-5-6-7-8-9-10-11-16-26-18-21(17-23)27-22(25)19-12-14-20(24)15-13-19/h4-9,12-15,21,23-24H,2-3,10-11,16-18H2,1H3/t21-/m0/s1. The maximum Gasteiger partial charge on any atom is 0.338 e.